The zero-order chi connectivity index (χ0) is 20.5. The molecule has 1 atom stereocenters. The fraction of sp³-hybridized carbons (Fsp3) is 0.636. The van der Waals surface area contributed by atoms with Crippen molar-refractivity contribution in [1.29, 1.82) is 0 Å². The van der Waals surface area contributed by atoms with Gasteiger partial charge in [0.25, 0.3) is 0 Å². The van der Waals surface area contributed by atoms with Gasteiger partial charge in [-0.25, -0.2) is 0 Å². The second kappa shape index (κ2) is 11.0. The number of amides is 1. The molecule has 2 heterocycles. The van der Waals surface area contributed by atoms with Gasteiger partial charge in [-0.3, -0.25) is 14.7 Å². The van der Waals surface area contributed by atoms with Crippen molar-refractivity contribution in [2.45, 2.75) is 45.2 Å². The average Bonchev–Trinajstić information content (AvgIpc) is 2.76. The first kappa shape index (κ1) is 21.4. The first-order valence-corrected chi connectivity index (χ1v) is 11.0. The monoisotopic (exact) mass is 400 g/mol. The van der Waals surface area contributed by atoms with E-state index in [1.54, 1.807) is 0 Å². The Morgan fingerprint density at radius 3 is 2.76 bits per heavy atom. The number of nitrogens with zero attached hydrogens (tertiary/aromatic N) is 3. The maximum atomic E-state index is 11.6. The van der Waals surface area contributed by atoms with Crippen molar-refractivity contribution < 1.29 is 4.79 Å². The molecular weight excluding hydrogens is 364 g/mol. The highest BCUT2D eigenvalue weighted by atomic mass is 16.2. The number of guanidine groups is 1. The van der Waals surface area contributed by atoms with E-state index >= 15 is 0 Å². The molecule has 1 amide bonds. The van der Waals surface area contributed by atoms with Gasteiger partial charge >= 0.3 is 0 Å². The van der Waals surface area contributed by atoms with Crippen LogP contribution in [0.5, 0.6) is 0 Å². The summed E-state index contributed by atoms with van der Waals surface area (Å²) in [6, 6.07) is 9.15. The van der Waals surface area contributed by atoms with Gasteiger partial charge in [0, 0.05) is 51.5 Å². The molecule has 0 spiro atoms. The number of hydrogen-bond acceptors (Lipinski definition) is 4. The van der Waals surface area contributed by atoms with Gasteiger partial charge in [0.1, 0.15) is 0 Å². The Balaban J connectivity index is 1.41. The van der Waals surface area contributed by atoms with Gasteiger partial charge in [0.15, 0.2) is 5.96 Å². The Kier molecular flexibility index (Phi) is 8.16. The largest absolute Gasteiger partial charge is 0.360 e. The summed E-state index contributed by atoms with van der Waals surface area (Å²) in [5.41, 5.74) is 2.29. The van der Waals surface area contributed by atoms with E-state index in [1.165, 1.54) is 37.8 Å². The molecule has 2 aliphatic heterocycles. The van der Waals surface area contributed by atoms with Crippen LogP contribution in [0.3, 0.4) is 0 Å². The van der Waals surface area contributed by atoms with E-state index in [4.69, 9.17) is 0 Å². The van der Waals surface area contributed by atoms with Gasteiger partial charge < -0.3 is 20.9 Å². The number of piperazine rings is 1. The predicted octanol–water partition coefficient (Wildman–Crippen LogP) is 1.55. The van der Waals surface area contributed by atoms with Crippen molar-refractivity contribution in [3.05, 3.63) is 29.8 Å². The van der Waals surface area contributed by atoms with Gasteiger partial charge in [-0.2, -0.15) is 0 Å². The van der Waals surface area contributed by atoms with Crippen molar-refractivity contribution in [2.75, 3.05) is 51.2 Å². The number of aliphatic imine (C=N–C) groups is 1. The summed E-state index contributed by atoms with van der Waals surface area (Å²) in [6.07, 6.45) is 5.27. The molecule has 3 N–H and O–H groups in total. The molecule has 1 aromatic carbocycles. The van der Waals surface area contributed by atoms with E-state index in [1.807, 2.05) is 7.05 Å². The molecule has 2 fully saturated rings. The average molecular weight is 401 g/mol. The molecule has 0 aliphatic carbocycles. The highest BCUT2D eigenvalue weighted by molar-refractivity contribution is 5.82. The number of likely N-dealkylation sites (tertiary alicyclic amines) is 1. The van der Waals surface area contributed by atoms with E-state index in [-0.39, 0.29) is 5.91 Å². The number of piperidine rings is 1. The molecule has 7 nitrogen and oxygen atoms in total. The molecule has 1 unspecified atom stereocenters. The van der Waals surface area contributed by atoms with Crippen molar-refractivity contribution >= 4 is 17.6 Å². The third-order valence-electron chi connectivity index (χ3n) is 5.94. The smallest absolute Gasteiger partial charge is 0.239 e. The lowest BCUT2D eigenvalue weighted by atomic mass is 10.0. The standard InChI is InChI=1S/C22H36N6O/c1-3-19-6-4-5-13-27(19)14-12-25-22(23-2)26-16-18-7-9-20(10-8-18)28-15-11-24-21(29)17-28/h7-10,19H,3-6,11-17H2,1-2H3,(H,24,29)(H2,23,25,26). The summed E-state index contributed by atoms with van der Waals surface area (Å²) in [5.74, 6) is 0.929. The third-order valence-corrected chi connectivity index (χ3v) is 5.94. The third kappa shape index (κ3) is 6.35. The molecular formula is C22H36N6O. The van der Waals surface area contributed by atoms with Gasteiger partial charge in [-0.15, -0.1) is 0 Å². The Morgan fingerprint density at radius 2 is 2.03 bits per heavy atom. The first-order chi connectivity index (χ1) is 14.2. The van der Waals surface area contributed by atoms with Crippen LogP contribution >= 0.6 is 0 Å². The fourth-order valence-electron chi connectivity index (χ4n) is 4.22. The highest BCUT2D eigenvalue weighted by Crippen LogP contribution is 2.18. The van der Waals surface area contributed by atoms with Crippen molar-refractivity contribution in [3.8, 4) is 0 Å². The summed E-state index contributed by atoms with van der Waals surface area (Å²) in [7, 11) is 1.82. The Bertz CT molecular complexity index is 674. The highest BCUT2D eigenvalue weighted by Gasteiger charge is 2.20. The lowest BCUT2D eigenvalue weighted by molar-refractivity contribution is -0.120. The second-order valence-corrected chi connectivity index (χ2v) is 7.88. The Labute approximate surface area is 174 Å². The van der Waals surface area contributed by atoms with Crippen LogP contribution in [0.2, 0.25) is 0 Å². The van der Waals surface area contributed by atoms with Crippen LogP contribution in [0, 0.1) is 0 Å². The molecule has 160 valence electrons. The van der Waals surface area contributed by atoms with E-state index in [0.29, 0.717) is 13.1 Å². The molecule has 29 heavy (non-hydrogen) atoms. The van der Waals surface area contributed by atoms with Crippen LogP contribution < -0.4 is 20.9 Å². The summed E-state index contributed by atoms with van der Waals surface area (Å²) in [4.78, 5) is 20.6. The Hall–Kier alpha value is -2.28. The van der Waals surface area contributed by atoms with Crippen LogP contribution in [-0.2, 0) is 11.3 Å². The van der Waals surface area contributed by atoms with Crippen LogP contribution in [0.15, 0.2) is 29.3 Å². The van der Waals surface area contributed by atoms with E-state index in [0.717, 1.165) is 43.9 Å². The van der Waals surface area contributed by atoms with Gasteiger partial charge in [0.2, 0.25) is 5.91 Å². The summed E-state index contributed by atoms with van der Waals surface area (Å²) >= 11 is 0. The van der Waals surface area contributed by atoms with E-state index in [9.17, 15) is 4.79 Å². The number of rotatable bonds is 7. The predicted molar refractivity (Wildman–Crippen MR) is 119 cm³/mol. The molecule has 0 saturated carbocycles. The first-order valence-electron chi connectivity index (χ1n) is 11.0. The lowest BCUT2D eigenvalue weighted by Gasteiger charge is -2.35. The van der Waals surface area contributed by atoms with E-state index in [2.05, 4.69) is 61.9 Å². The van der Waals surface area contributed by atoms with E-state index < -0.39 is 0 Å². The molecule has 0 bridgehead atoms. The number of anilines is 1. The number of benzene rings is 1. The summed E-state index contributed by atoms with van der Waals surface area (Å²) < 4.78 is 0. The molecule has 2 saturated heterocycles. The topological polar surface area (TPSA) is 72.0 Å². The summed E-state index contributed by atoms with van der Waals surface area (Å²) in [6.45, 7) is 8.21. The van der Waals surface area contributed by atoms with Gasteiger partial charge in [0.05, 0.1) is 6.54 Å². The van der Waals surface area contributed by atoms with Gasteiger partial charge in [-0.1, -0.05) is 25.5 Å². The maximum Gasteiger partial charge on any atom is 0.239 e. The van der Waals surface area contributed by atoms with Crippen LogP contribution in [0.25, 0.3) is 0 Å². The quantitative estimate of drug-likeness (QED) is 0.479. The minimum atomic E-state index is 0.0895. The zero-order valence-corrected chi connectivity index (χ0v) is 17.9. The second-order valence-electron chi connectivity index (χ2n) is 7.88. The Morgan fingerprint density at radius 1 is 1.21 bits per heavy atom. The molecule has 3 rings (SSSR count). The molecule has 2 aliphatic rings. The normalized spacial score (nSPS) is 21.0. The minimum absolute atomic E-state index is 0.0895. The van der Waals surface area contributed by atoms with Crippen molar-refractivity contribution in [2.24, 2.45) is 4.99 Å². The fourth-order valence-corrected chi connectivity index (χ4v) is 4.22. The maximum absolute atomic E-state index is 11.6. The molecule has 0 aromatic heterocycles. The van der Waals surface area contributed by atoms with Crippen LogP contribution in [-0.4, -0.2) is 69.1 Å². The number of carbonyl (C=O) groups is 1. The number of carbonyl (C=O) groups excluding carboxylic acids is 1. The molecule has 7 heteroatoms. The van der Waals surface area contributed by atoms with Gasteiger partial charge in [-0.05, 0) is 43.5 Å². The summed E-state index contributed by atoms with van der Waals surface area (Å²) in [5, 5.41) is 9.70. The molecule has 0 radical (unpaired) electrons. The lowest BCUT2D eigenvalue weighted by Crippen LogP contribution is -2.47. The SMILES string of the molecule is CCC1CCCCN1CCNC(=NC)NCc1ccc(N2CCNC(=O)C2)cc1. The zero-order valence-electron chi connectivity index (χ0n) is 17.9. The van der Waals surface area contributed by atoms with Crippen LogP contribution in [0.1, 0.15) is 38.2 Å². The van der Waals surface area contributed by atoms with Crippen molar-refractivity contribution in [3.63, 3.8) is 0 Å². The molecule has 1 aromatic rings. The van der Waals surface area contributed by atoms with Crippen molar-refractivity contribution in [1.82, 2.24) is 20.9 Å². The number of hydrogen-bond donors (Lipinski definition) is 3. The number of nitrogens with one attached hydrogen (secondary N) is 3. The van der Waals surface area contributed by atoms with Crippen LogP contribution in [0.4, 0.5) is 5.69 Å². The minimum Gasteiger partial charge on any atom is -0.360 e.